The highest BCUT2D eigenvalue weighted by Gasteiger charge is 2.04. The quantitative estimate of drug-likeness (QED) is 0.655. The topological polar surface area (TPSA) is 98.3 Å². The number of nitrogens with zero attached hydrogens (tertiary/aromatic N) is 3. The molecule has 2 N–H and O–H groups in total. The van der Waals surface area contributed by atoms with Gasteiger partial charge in [-0.2, -0.15) is 0 Å². The van der Waals surface area contributed by atoms with Crippen LogP contribution >= 0.6 is 0 Å². The molecule has 1 aromatic carbocycles. The third kappa shape index (κ3) is 5.66. The molecule has 0 unspecified atom stereocenters. The van der Waals surface area contributed by atoms with Gasteiger partial charge in [0.05, 0.1) is 19.3 Å². The zero-order valence-electron chi connectivity index (χ0n) is 15.7. The van der Waals surface area contributed by atoms with Gasteiger partial charge in [-0.15, -0.1) is 0 Å². The molecule has 8 nitrogen and oxygen atoms in total. The predicted octanol–water partition coefficient (Wildman–Crippen LogP) is 2.98. The molecule has 0 radical (unpaired) electrons. The number of carbonyl (C=O) groups is 1. The lowest BCUT2D eigenvalue weighted by atomic mass is 10.3. The van der Waals surface area contributed by atoms with Crippen molar-refractivity contribution in [2.45, 2.75) is 20.0 Å². The summed E-state index contributed by atoms with van der Waals surface area (Å²) < 4.78 is 10.9. The first-order chi connectivity index (χ1) is 13.6. The van der Waals surface area contributed by atoms with Crippen LogP contribution in [0.4, 0.5) is 4.79 Å². The van der Waals surface area contributed by atoms with Crippen molar-refractivity contribution in [2.24, 2.45) is 0 Å². The third-order valence-corrected chi connectivity index (χ3v) is 3.78. The van der Waals surface area contributed by atoms with E-state index in [1.165, 1.54) is 0 Å². The van der Waals surface area contributed by atoms with E-state index in [4.69, 9.17) is 9.47 Å². The van der Waals surface area contributed by atoms with Gasteiger partial charge in [-0.1, -0.05) is 12.1 Å². The number of ether oxygens (including phenoxy) is 2. The number of hydrogen-bond acceptors (Lipinski definition) is 6. The van der Waals surface area contributed by atoms with Crippen LogP contribution in [0.5, 0.6) is 17.4 Å². The molecule has 0 aliphatic carbocycles. The minimum atomic E-state index is -0.284. The van der Waals surface area contributed by atoms with E-state index in [1.807, 2.05) is 24.3 Å². The first kappa shape index (κ1) is 19.1. The largest absolute Gasteiger partial charge is 0.497 e. The number of aryl methyl sites for hydroxylation is 1. The molecule has 8 heteroatoms. The highest BCUT2D eigenvalue weighted by molar-refractivity contribution is 5.73. The fraction of sp³-hybridized carbons (Fsp3) is 0.200. The van der Waals surface area contributed by atoms with Crippen molar-refractivity contribution in [3.63, 3.8) is 0 Å². The van der Waals surface area contributed by atoms with Crippen LogP contribution in [0.3, 0.4) is 0 Å². The number of rotatable bonds is 7. The minimum Gasteiger partial charge on any atom is -0.497 e. The summed E-state index contributed by atoms with van der Waals surface area (Å²) in [5.41, 5.74) is 1.61. The predicted molar refractivity (Wildman–Crippen MR) is 103 cm³/mol. The molecular weight excluding hydrogens is 358 g/mol. The third-order valence-electron chi connectivity index (χ3n) is 3.78. The fourth-order valence-corrected chi connectivity index (χ4v) is 2.38. The zero-order chi connectivity index (χ0) is 19.8. The first-order valence-electron chi connectivity index (χ1n) is 8.69. The van der Waals surface area contributed by atoms with Crippen molar-refractivity contribution in [3.8, 4) is 17.4 Å². The molecule has 144 valence electrons. The molecule has 0 fully saturated rings. The molecule has 0 aliphatic heterocycles. The molecule has 0 saturated carbocycles. The molecule has 28 heavy (non-hydrogen) atoms. The Morgan fingerprint density at radius 3 is 2.61 bits per heavy atom. The van der Waals surface area contributed by atoms with Gasteiger partial charge < -0.3 is 20.1 Å². The maximum absolute atomic E-state index is 11.9. The molecule has 2 aromatic heterocycles. The van der Waals surface area contributed by atoms with Gasteiger partial charge in [-0.05, 0) is 30.7 Å². The number of benzene rings is 1. The van der Waals surface area contributed by atoms with E-state index in [1.54, 1.807) is 44.6 Å². The normalized spacial score (nSPS) is 10.2. The first-order valence-corrected chi connectivity index (χ1v) is 8.69. The maximum atomic E-state index is 11.9. The van der Waals surface area contributed by atoms with Gasteiger partial charge in [-0.3, -0.25) is 0 Å². The van der Waals surface area contributed by atoms with Crippen molar-refractivity contribution < 1.29 is 14.3 Å². The summed E-state index contributed by atoms with van der Waals surface area (Å²) in [7, 11) is 1.60. The van der Waals surface area contributed by atoms with Gasteiger partial charge in [0.2, 0.25) is 5.88 Å². The van der Waals surface area contributed by atoms with E-state index in [0.717, 1.165) is 11.3 Å². The van der Waals surface area contributed by atoms with Crippen molar-refractivity contribution in [1.29, 1.82) is 0 Å². The van der Waals surface area contributed by atoms with Gasteiger partial charge in [0.1, 0.15) is 17.3 Å². The fourth-order valence-electron chi connectivity index (χ4n) is 2.38. The number of nitrogens with one attached hydrogen (secondary N) is 2. The molecule has 0 bridgehead atoms. The Balaban J connectivity index is 1.46. The van der Waals surface area contributed by atoms with Crippen LogP contribution in [-0.4, -0.2) is 28.1 Å². The van der Waals surface area contributed by atoms with Gasteiger partial charge in [-0.25, -0.2) is 19.7 Å². The van der Waals surface area contributed by atoms with Crippen LogP contribution in [0.15, 0.2) is 54.9 Å². The summed E-state index contributed by atoms with van der Waals surface area (Å²) in [6.45, 7) is 2.49. The summed E-state index contributed by atoms with van der Waals surface area (Å²) in [6.07, 6.45) is 3.32. The second kappa shape index (κ2) is 9.31. The molecule has 2 amide bonds. The summed E-state index contributed by atoms with van der Waals surface area (Å²) in [4.78, 5) is 24.4. The van der Waals surface area contributed by atoms with Crippen LogP contribution < -0.4 is 20.1 Å². The Morgan fingerprint density at radius 1 is 1.04 bits per heavy atom. The van der Waals surface area contributed by atoms with Gasteiger partial charge in [0, 0.05) is 31.1 Å². The van der Waals surface area contributed by atoms with E-state index < -0.39 is 0 Å². The molecule has 3 aromatic rings. The standard InChI is InChI=1S/C20H21N5O3/c1-14-21-9-8-16(25-14)13-24-20(26)23-12-15-6-7-19(22-11-15)28-18-5-3-4-17(10-18)27-2/h3-11H,12-13H2,1-2H3,(H2,23,24,26). The maximum Gasteiger partial charge on any atom is 0.315 e. The average molecular weight is 379 g/mol. The summed E-state index contributed by atoms with van der Waals surface area (Å²) in [5, 5.41) is 5.53. The number of urea groups is 1. The van der Waals surface area contributed by atoms with E-state index in [-0.39, 0.29) is 6.03 Å². The van der Waals surface area contributed by atoms with Gasteiger partial charge in [0.25, 0.3) is 0 Å². The van der Waals surface area contributed by atoms with Crippen molar-refractivity contribution in [3.05, 3.63) is 71.9 Å². The van der Waals surface area contributed by atoms with Crippen molar-refractivity contribution in [1.82, 2.24) is 25.6 Å². The van der Waals surface area contributed by atoms with Crippen LogP contribution in [0.2, 0.25) is 0 Å². The second-order valence-electron chi connectivity index (χ2n) is 5.92. The van der Waals surface area contributed by atoms with Crippen molar-refractivity contribution in [2.75, 3.05) is 7.11 Å². The number of amides is 2. The zero-order valence-corrected chi connectivity index (χ0v) is 15.7. The van der Waals surface area contributed by atoms with Crippen LogP contribution in [0.25, 0.3) is 0 Å². The Morgan fingerprint density at radius 2 is 1.86 bits per heavy atom. The smallest absolute Gasteiger partial charge is 0.315 e. The van der Waals surface area contributed by atoms with E-state index in [9.17, 15) is 4.79 Å². The average Bonchev–Trinajstić information content (AvgIpc) is 2.72. The van der Waals surface area contributed by atoms with Crippen LogP contribution in [0, 0.1) is 6.92 Å². The molecule has 0 spiro atoms. The van der Waals surface area contributed by atoms with E-state index >= 15 is 0 Å². The summed E-state index contributed by atoms with van der Waals surface area (Å²) in [5.74, 6) is 2.47. The SMILES string of the molecule is COc1cccc(Oc2ccc(CNC(=O)NCc3ccnc(C)n3)cn2)c1. The minimum absolute atomic E-state index is 0.284. The van der Waals surface area contributed by atoms with E-state index in [0.29, 0.717) is 36.3 Å². The van der Waals surface area contributed by atoms with Crippen LogP contribution in [-0.2, 0) is 13.1 Å². The molecule has 0 aliphatic rings. The lowest BCUT2D eigenvalue weighted by Gasteiger charge is -2.09. The second-order valence-corrected chi connectivity index (χ2v) is 5.92. The lowest BCUT2D eigenvalue weighted by Crippen LogP contribution is -2.34. The Bertz CT molecular complexity index is 931. The molecule has 0 atom stereocenters. The van der Waals surface area contributed by atoms with Crippen molar-refractivity contribution >= 4 is 6.03 Å². The number of pyridine rings is 1. The lowest BCUT2D eigenvalue weighted by molar-refractivity contribution is 0.240. The monoisotopic (exact) mass is 379 g/mol. The van der Waals surface area contributed by atoms with E-state index in [2.05, 4.69) is 25.6 Å². The summed E-state index contributed by atoms with van der Waals surface area (Å²) >= 11 is 0. The molecule has 0 saturated heterocycles. The Hall–Kier alpha value is -3.68. The number of methoxy groups -OCH3 is 1. The molecule has 3 rings (SSSR count). The highest BCUT2D eigenvalue weighted by atomic mass is 16.5. The van der Waals surface area contributed by atoms with Gasteiger partial charge >= 0.3 is 6.03 Å². The number of carbonyl (C=O) groups excluding carboxylic acids is 1. The Kier molecular flexibility index (Phi) is 6.35. The molecule has 2 heterocycles. The number of aromatic nitrogens is 3. The molecular formula is C20H21N5O3. The summed E-state index contributed by atoms with van der Waals surface area (Å²) in [6, 6.07) is 12.4. The number of hydrogen-bond donors (Lipinski definition) is 2. The van der Waals surface area contributed by atoms with Gasteiger partial charge in [0.15, 0.2) is 0 Å². The Labute approximate surface area is 163 Å². The van der Waals surface area contributed by atoms with Crippen LogP contribution in [0.1, 0.15) is 17.1 Å². The highest BCUT2D eigenvalue weighted by Crippen LogP contribution is 2.23.